The number of morpholine rings is 1. The van der Waals surface area contributed by atoms with Gasteiger partial charge in [-0.05, 0) is 19.1 Å². The summed E-state index contributed by atoms with van der Waals surface area (Å²) in [4.78, 5) is 11.4. The normalized spacial score (nSPS) is 18.7. The maximum Gasteiger partial charge on any atom is 0.180 e. The van der Waals surface area contributed by atoms with Gasteiger partial charge in [0.25, 0.3) is 0 Å². The number of rotatable bonds is 3. The monoisotopic (exact) mass is 349 g/mol. The molecule has 0 amide bonds. The lowest BCUT2D eigenvalue weighted by atomic mass is 10.2. The van der Waals surface area contributed by atoms with Crippen LogP contribution in [0.1, 0.15) is 6.92 Å². The molecule has 3 heterocycles. The average molecular weight is 349 g/mol. The number of hydrogen-bond acceptors (Lipinski definition) is 6. The fraction of sp³-hybridized carbons (Fsp3) is 0.500. The number of aryl methyl sites for hydroxylation is 1. The molecule has 1 aliphatic rings. The lowest BCUT2D eigenvalue weighted by Crippen LogP contribution is -2.44. The number of nitrogens with zero attached hydrogens (tertiary/aromatic N) is 5. The quantitative estimate of drug-likeness (QED) is 0.848. The molecule has 24 heavy (non-hydrogen) atoms. The highest BCUT2D eigenvalue weighted by Crippen LogP contribution is 2.26. The zero-order chi connectivity index (χ0) is 17.3. The highest BCUT2D eigenvalue weighted by molar-refractivity contribution is 7.92. The van der Waals surface area contributed by atoms with Crippen LogP contribution in [-0.2, 0) is 21.5 Å². The van der Waals surface area contributed by atoms with Crippen LogP contribution in [0.15, 0.2) is 28.8 Å². The zero-order valence-corrected chi connectivity index (χ0v) is 15.3. The van der Waals surface area contributed by atoms with Gasteiger partial charge >= 0.3 is 0 Å². The highest BCUT2D eigenvalue weighted by Gasteiger charge is 2.22. The minimum absolute atomic E-state index is 0.218. The van der Waals surface area contributed by atoms with Crippen LogP contribution in [-0.4, -0.2) is 57.1 Å². The van der Waals surface area contributed by atoms with Crippen LogP contribution in [0.3, 0.4) is 0 Å². The van der Waals surface area contributed by atoms with E-state index in [2.05, 4.69) is 21.2 Å². The van der Waals surface area contributed by atoms with Crippen LogP contribution in [0.5, 0.6) is 0 Å². The third-order valence-corrected chi connectivity index (χ3v) is 4.47. The van der Waals surface area contributed by atoms with Crippen LogP contribution in [0.2, 0.25) is 0 Å². The van der Waals surface area contributed by atoms with Crippen molar-refractivity contribution < 1.29 is 8.95 Å². The molecule has 0 radical (unpaired) electrons. The Morgan fingerprint density at radius 2 is 2.17 bits per heavy atom. The fourth-order valence-electron chi connectivity index (χ4n) is 2.72. The molecule has 7 nitrogen and oxygen atoms in total. The molecule has 0 saturated carbocycles. The first-order valence-corrected chi connectivity index (χ1v) is 10.2. The van der Waals surface area contributed by atoms with E-state index in [1.54, 1.807) is 18.6 Å². The van der Waals surface area contributed by atoms with Crippen molar-refractivity contribution in [2.45, 2.75) is 13.0 Å². The third-order valence-electron chi connectivity index (χ3n) is 3.85. The van der Waals surface area contributed by atoms with Gasteiger partial charge in [-0.2, -0.15) is 4.36 Å². The van der Waals surface area contributed by atoms with E-state index in [-0.39, 0.29) is 6.04 Å². The molecule has 2 aromatic rings. The van der Waals surface area contributed by atoms with Crippen LogP contribution in [0.25, 0.3) is 11.5 Å². The van der Waals surface area contributed by atoms with E-state index in [0.717, 1.165) is 18.1 Å². The second-order valence-corrected chi connectivity index (χ2v) is 8.85. The standard InChI is InChI=1S/C16H23N5O2S/c1-12-11-23-9-8-21(12)15-10-14(19-24(3,4)22)17-16(18-15)13-6-5-7-20(13)2/h5-7,10,12H,8-9,11H2,1-4H3/t12-/m1/s1. The summed E-state index contributed by atoms with van der Waals surface area (Å²) in [5, 5.41) is 0. The van der Waals surface area contributed by atoms with E-state index < -0.39 is 9.73 Å². The van der Waals surface area contributed by atoms with Gasteiger partial charge in [0, 0.05) is 48.1 Å². The Balaban J connectivity index is 2.13. The second kappa shape index (κ2) is 6.52. The first-order chi connectivity index (χ1) is 11.3. The number of anilines is 1. The van der Waals surface area contributed by atoms with Crippen LogP contribution >= 0.6 is 0 Å². The Morgan fingerprint density at radius 1 is 1.38 bits per heavy atom. The van der Waals surface area contributed by atoms with Crippen molar-refractivity contribution in [1.82, 2.24) is 14.5 Å². The van der Waals surface area contributed by atoms with Gasteiger partial charge in [-0.1, -0.05) is 0 Å². The fourth-order valence-corrected chi connectivity index (χ4v) is 3.26. The van der Waals surface area contributed by atoms with Crippen molar-refractivity contribution in [3.8, 4) is 11.5 Å². The molecule has 0 aromatic carbocycles. The molecule has 0 spiro atoms. The van der Waals surface area contributed by atoms with Crippen molar-refractivity contribution in [2.75, 3.05) is 37.2 Å². The molecule has 1 atom stereocenters. The summed E-state index contributed by atoms with van der Waals surface area (Å²) < 4.78 is 23.9. The van der Waals surface area contributed by atoms with Gasteiger partial charge in [0.15, 0.2) is 11.6 Å². The highest BCUT2D eigenvalue weighted by atomic mass is 32.2. The molecule has 8 heteroatoms. The lowest BCUT2D eigenvalue weighted by Gasteiger charge is -2.34. The van der Waals surface area contributed by atoms with Crippen molar-refractivity contribution in [2.24, 2.45) is 11.4 Å². The lowest BCUT2D eigenvalue weighted by molar-refractivity contribution is 0.0985. The summed E-state index contributed by atoms with van der Waals surface area (Å²) in [5.74, 6) is 1.82. The third kappa shape index (κ3) is 3.76. The van der Waals surface area contributed by atoms with Gasteiger partial charge < -0.3 is 14.2 Å². The summed E-state index contributed by atoms with van der Waals surface area (Å²) in [6.45, 7) is 4.19. The molecule has 1 fully saturated rings. The van der Waals surface area contributed by atoms with Gasteiger partial charge in [-0.3, -0.25) is 0 Å². The average Bonchev–Trinajstić information content (AvgIpc) is 2.92. The summed E-state index contributed by atoms with van der Waals surface area (Å²) in [7, 11) is -0.352. The largest absolute Gasteiger partial charge is 0.377 e. The summed E-state index contributed by atoms with van der Waals surface area (Å²) in [6, 6.07) is 5.93. The second-order valence-electron chi connectivity index (χ2n) is 6.30. The van der Waals surface area contributed by atoms with Gasteiger partial charge in [0.1, 0.15) is 5.82 Å². The molecule has 130 valence electrons. The van der Waals surface area contributed by atoms with Gasteiger partial charge in [-0.15, -0.1) is 0 Å². The maximum atomic E-state index is 12.1. The number of hydrogen-bond donors (Lipinski definition) is 0. The Morgan fingerprint density at radius 3 is 2.79 bits per heavy atom. The first kappa shape index (κ1) is 16.9. The molecule has 0 N–H and O–H groups in total. The Hall–Kier alpha value is -1.93. The zero-order valence-electron chi connectivity index (χ0n) is 14.5. The van der Waals surface area contributed by atoms with Gasteiger partial charge in [0.2, 0.25) is 0 Å². The SMILES string of the molecule is C[C@@H]1COCCN1c1cc(N=S(C)(C)=O)nc(-c2cccn2C)n1. The van der Waals surface area contributed by atoms with Gasteiger partial charge in [0.05, 0.1) is 24.9 Å². The molecular formula is C16H23N5O2S. The molecule has 3 rings (SSSR count). The van der Waals surface area contributed by atoms with Crippen LogP contribution in [0, 0.1) is 0 Å². The van der Waals surface area contributed by atoms with E-state index in [0.29, 0.717) is 24.9 Å². The van der Waals surface area contributed by atoms with Crippen molar-refractivity contribution >= 4 is 21.4 Å². The molecule has 0 bridgehead atoms. The van der Waals surface area contributed by atoms with Crippen molar-refractivity contribution in [3.05, 3.63) is 24.4 Å². The Bertz CT molecular complexity index is 846. The topological polar surface area (TPSA) is 72.6 Å². The van der Waals surface area contributed by atoms with Gasteiger partial charge in [-0.25, -0.2) is 14.2 Å². The van der Waals surface area contributed by atoms with E-state index in [1.165, 1.54) is 0 Å². The molecule has 0 aliphatic carbocycles. The number of aromatic nitrogens is 3. The van der Waals surface area contributed by atoms with Crippen molar-refractivity contribution in [1.29, 1.82) is 0 Å². The minimum atomic E-state index is -2.30. The maximum absolute atomic E-state index is 12.1. The van der Waals surface area contributed by atoms with E-state index in [1.807, 2.05) is 29.9 Å². The summed E-state index contributed by atoms with van der Waals surface area (Å²) in [6.07, 6.45) is 5.16. The van der Waals surface area contributed by atoms with E-state index in [4.69, 9.17) is 9.72 Å². The van der Waals surface area contributed by atoms with E-state index >= 15 is 0 Å². The van der Waals surface area contributed by atoms with Crippen LogP contribution in [0.4, 0.5) is 11.6 Å². The molecular weight excluding hydrogens is 326 g/mol. The Labute approximate surface area is 142 Å². The Kier molecular flexibility index (Phi) is 4.60. The predicted molar refractivity (Wildman–Crippen MR) is 96.1 cm³/mol. The summed E-state index contributed by atoms with van der Waals surface area (Å²) in [5.41, 5.74) is 0.896. The van der Waals surface area contributed by atoms with Crippen LogP contribution < -0.4 is 4.90 Å². The molecule has 0 unspecified atom stereocenters. The van der Waals surface area contributed by atoms with E-state index in [9.17, 15) is 4.21 Å². The number of ether oxygens (including phenoxy) is 1. The first-order valence-electron chi connectivity index (χ1n) is 7.86. The predicted octanol–water partition coefficient (Wildman–Crippen LogP) is 2.07. The smallest absolute Gasteiger partial charge is 0.180 e. The summed E-state index contributed by atoms with van der Waals surface area (Å²) >= 11 is 0. The molecule has 2 aromatic heterocycles. The molecule has 1 saturated heterocycles. The van der Waals surface area contributed by atoms with Crippen molar-refractivity contribution in [3.63, 3.8) is 0 Å². The minimum Gasteiger partial charge on any atom is -0.377 e. The molecule has 1 aliphatic heterocycles.